The van der Waals surface area contributed by atoms with Crippen LogP contribution in [-0.2, 0) is 0 Å². The van der Waals surface area contributed by atoms with E-state index in [1.807, 2.05) is 0 Å². The van der Waals surface area contributed by atoms with Gasteiger partial charge in [0.05, 0.1) is 0 Å². The highest BCUT2D eigenvalue weighted by molar-refractivity contribution is 7.98. The van der Waals surface area contributed by atoms with Crippen LogP contribution in [0.2, 0.25) is 0 Å². The Hall–Kier alpha value is 0.350. The van der Waals surface area contributed by atoms with Crippen molar-refractivity contribution in [1.82, 2.24) is 0 Å². The maximum absolute atomic E-state index is 2.69. The van der Waals surface area contributed by atoms with Crippen molar-refractivity contribution in [3.05, 3.63) is 0 Å². The lowest BCUT2D eigenvalue weighted by molar-refractivity contribution is -0.134. The number of hydrogen-bond donors (Lipinski definition) is 0. The van der Waals surface area contributed by atoms with Gasteiger partial charge in [-0.15, -0.1) is 0 Å². The van der Waals surface area contributed by atoms with Crippen molar-refractivity contribution in [3.63, 3.8) is 0 Å². The highest BCUT2D eigenvalue weighted by Crippen LogP contribution is 2.89. The fourth-order valence-corrected chi connectivity index (χ4v) is 9.01. The molecular weight excluding hydrogens is 260 g/mol. The van der Waals surface area contributed by atoms with Gasteiger partial charge in [0.25, 0.3) is 0 Å². The van der Waals surface area contributed by atoms with Crippen molar-refractivity contribution >= 4 is 11.8 Å². The summed E-state index contributed by atoms with van der Waals surface area (Å²) in [6.07, 6.45) is 9.63. The number of thioether (sulfide) groups is 1. The first-order valence-corrected chi connectivity index (χ1v) is 10.0. The molecule has 0 aromatic rings. The predicted octanol–water partition coefficient (Wildman–Crippen LogP) is 6.01. The Kier molecular flexibility index (Phi) is 3.05. The third kappa shape index (κ3) is 1.15. The third-order valence-electron chi connectivity index (χ3n) is 9.70. The lowest BCUT2D eigenvalue weighted by Gasteiger charge is -2.63. The van der Waals surface area contributed by atoms with Gasteiger partial charge >= 0.3 is 0 Å². The summed E-state index contributed by atoms with van der Waals surface area (Å²) in [6, 6.07) is 0. The van der Waals surface area contributed by atoms with Gasteiger partial charge in [0.15, 0.2) is 0 Å². The third-order valence-corrected chi connectivity index (χ3v) is 10.5. The summed E-state index contributed by atoms with van der Waals surface area (Å²) in [5, 5.41) is 0. The summed E-state index contributed by atoms with van der Waals surface area (Å²) in [5.74, 6) is 2.26. The SMILES string of the molecule is CSCC12CCCC(C)C1(C)C1(C)CCC2(C)C1(C)C. The Bertz CT molecular complexity index is 423. The minimum Gasteiger partial charge on any atom is -0.165 e. The van der Waals surface area contributed by atoms with E-state index in [1.165, 1.54) is 37.9 Å². The zero-order valence-corrected chi connectivity index (χ0v) is 15.5. The number of rotatable bonds is 2. The first-order valence-electron chi connectivity index (χ1n) is 8.64. The van der Waals surface area contributed by atoms with Crippen molar-refractivity contribution in [2.75, 3.05) is 12.0 Å². The second-order valence-electron chi connectivity index (χ2n) is 9.30. The number of hydrogen-bond acceptors (Lipinski definition) is 1. The van der Waals surface area contributed by atoms with Gasteiger partial charge < -0.3 is 0 Å². The molecule has 0 amide bonds. The molecule has 116 valence electrons. The minimum atomic E-state index is 0.475. The lowest BCUT2D eigenvalue weighted by Crippen LogP contribution is -2.58. The van der Waals surface area contributed by atoms with Crippen molar-refractivity contribution in [2.24, 2.45) is 33.0 Å². The normalized spacial score (nSPS) is 56.9. The summed E-state index contributed by atoms with van der Waals surface area (Å²) in [5.41, 5.74) is 2.61. The summed E-state index contributed by atoms with van der Waals surface area (Å²) < 4.78 is 0. The Morgan fingerprint density at radius 3 is 2.15 bits per heavy atom. The maximum atomic E-state index is 2.69. The molecule has 3 rings (SSSR count). The molecule has 3 aliphatic rings. The highest BCUT2D eigenvalue weighted by Gasteiger charge is 2.83. The van der Waals surface area contributed by atoms with E-state index >= 15 is 0 Å². The second kappa shape index (κ2) is 4.00. The molecule has 0 saturated heterocycles. The maximum Gasteiger partial charge on any atom is -0.000262 e. The summed E-state index contributed by atoms with van der Waals surface area (Å²) in [6.45, 7) is 15.8. The van der Waals surface area contributed by atoms with Crippen LogP contribution in [0.1, 0.15) is 73.6 Å². The van der Waals surface area contributed by atoms with Crippen LogP contribution in [-0.4, -0.2) is 12.0 Å². The number of fused-ring (bicyclic) bond motifs is 5. The molecule has 0 spiro atoms. The summed E-state index contributed by atoms with van der Waals surface area (Å²) in [7, 11) is 0. The average Bonchev–Trinajstić information content (AvgIpc) is 2.61. The smallest absolute Gasteiger partial charge is 0.000262 e. The molecule has 3 aliphatic carbocycles. The zero-order valence-electron chi connectivity index (χ0n) is 14.7. The van der Waals surface area contributed by atoms with E-state index < -0.39 is 0 Å². The predicted molar refractivity (Wildman–Crippen MR) is 91.2 cm³/mol. The van der Waals surface area contributed by atoms with Gasteiger partial charge in [-0.3, -0.25) is 0 Å². The zero-order chi connectivity index (χ0) is 15.0. The largest absolute Gasteiger partial charge is 0.165 e. The van der Waals surface area contributed by atoms with Gasteiger partial charge in [-0.1, -0.05) is 54.4 Å². The fourth-order valence-electron chi connectivity index (χ4n) is 7.76. The molecule has 3 saturated carbocycles. The van der Waals surface area contributed by atoms with Crippen LogP contribution in [0, 0.1) is 33.0 Å². The fraction of sp³-hybridized carbons (Fsp3) is 1.00. The van der Waals surface area contributed by atoms with Crippen molar-refractivity contribution in [2.45, 2.75) is 73.6 Å². The van der Waals surface area contributed by atoms with E-state index in [-0.39, 0.29) is 0 Å². The van der Waals surface area contributed by atoms with Crippen molar-refractivity contribution < 1.29 is 0 Å². The van der Waals surface area contributed by atoms with Gasteiger partial charge in [0.1, 0.15) is 0 Å². The first-order chi connectivity index (χ1) is 9.15. The molecule has 0 radical (unpaired) electrons. The Morgan fingerprint density at radius 2 is 1.55 bits per heavy atom. The van der Waals surface area contributed by atoms with E-state index in [9.17, 15) is 0 Å². The summed E-state index contributed by atoms with van der Waals surface area (Å²) >= 11 is 2.11. The van der Waals surface area contributed by atoms with Crippen LogP contribution < -0.4 is 0 Å². The van der Waals surface area contributed by atoms with Crippen molar-refractivity contribution in [1.29, 1.82) is 0 Å². The molecule has 0 nitrogen and oxygen atoms in total. The van der Waals surface area contributed by atoms with Gasteiger partial charge in [-0.25, -0.2) is 0 Å². The molecule has 0 aliphatic heterocycles. The summed E-state index contributed by atoms with van der Waals surface area (Å²) in [4.78, 5) is 0. The highest BCUT2D eigenvalue weighted by atomic mass is 32.2. The molecule has 0 heterocycles. The molecule has 5 unspecified atom stereocenters. The Morgan fingerprint density at radius 1 is 0.950 bits per heavy atom. The van der Waals surface area contributed by atoms with Gasteiger partial charge in [0, 0.05) is 0 Å². The average molecular weight is 295 g/mol. The van der Waals surface area contributed by atoms with Gasteiger partial charge in [0.2, 0.25) is 0 Å². The van der Waals surface area contributed by atoms with Crippen LogP contribution in [0.25, 0.3) is 0 Å². The molecule has 1 heteroatoms. The minimum absolute atomic E-state index is 0.475. The monoisotopic (exact) mass is 294 g/mol. The molecule has 0 aromatic carbocycles. The van der Waals surface area contributed by atoms with Gasteiger partial charge in [-0.05, 0) is 64.3 Å². The molecule has 2 bridgehead atoms. The van der Waals surface area contributed by atoms with E-state index in [2.05, 4.69) is 59.6 Å². The molecule has 20 heavy (non-hydrogen) atoms. The van der Waals surface area contributed by atoms with E-state index in [4.69, 9.17) is 0 Å². The first kappa shape index (κ1) is 15.3. The van der Waals surface area contributed by atoms with Gasteiger partial charge in [-0.2, -0.15) is 11.8 Å². The molecule has 0 aromatic heterocycles. The molecule has 3 fully saturated rings. The van der Waals surface area contributed by atoms with Crippen LogP contribution in [0.4, 0.5) is 0 Å². The lowest BCUT2D eigenvalue weighted by atomic mass is 9.42. The Labute approximate surface area is 130 Å². The standard InChI is InChI=1S/C19H34S/c1-14-9-8-10-19(13-20-7)17(5)12-11-16(4,15(17,2)3)18(14,19)6/h14H,8-13H2,1-7H3. The van der Waals surface area contributed by atoms with Crippen LogP contribution in [0.5, 0.6) is 0 Å². The molecular formula is C19H34S. The van der Waals surface area contributed by atoms with E-state index in [0.29, 0.717) is 27.1 Å². The second-order valence-corrected chi connectivity index (χ2v) is 10.2. The van der Waals surface area contributed by atoms with Crippen LogP contribution in [0.15, 0.2) is 0 Å². The molecule has 0 N–H and O–H groups in total. The molecule has 5 atom stereocenters. The Balaban J connectivity index is 2.28. The van der Waals surface area contributed by atoms with Crippen LogP contribution >= 0.6 is 11.8 Å². The van der Waals surface area contributed by atoms with E-state index in [1.54, 1.807) is 0 Å². The van der Waals surface area contributed by atoms with Crippen LogP contribution in [0.3, 0.4) is 0 Å². The van der Waals surface area contributed by atoms with Crippen molar-refractivity contribution in [3.8, 4) is 0 Å². The topological polar surface area (TPSA) is 0 Å². The quantitative estimate of drug-likeness (QED) is 0.601. The van der Waals surface area contributed by atoms with E-state index in [0.717, 1.165) is 5.92 Å².